The number of hydrogen-bond acceptors (Lipinski definition) is 3. The lowest BCUT2D eigenvalue weighted by Crippen LogP contribution is -2.12. The maximum atomic E-state index is 11.3. The number of aliphatic hydroxyl groups excluding tert-OH is 1. The summed E-state index contributed by atoms with van der Waals surface area (Å²) < 4.78 is 0. The van der Waals surface area contributed by atoms with Crippen LogP contribution in [0.2, 0.25) is 0 Å². The molecular weight excluding hydrogens is 172 g/mol. The van der Waals surface area contributed by atoms with E-state index in [1.54, 1.807) is 11.8 Å². The number of carbonyl (C=O) groups excluding carboxylic acids is 1. The zero-order valence-corrected chi connectivity index (χ0v) is 8.69. The zero-order valence-electron chi connectivity index (χ0n) is 7.88. The lowest BCUT2D eigenvalue weighted by molar-refractivity contribution is -0.119. The number of aliphatic hydroxyl groups is 1. The molecular formula is C9H18O2S. The summed E-state index contributed by atoms with van der Waals surface area (Å²) in [5, 5.41) is 8.49. The summed E-state index contributed by atoms with van der Waals surface area (Å²) in [7, 11) is 0. The van der Waals surface area contributed by atoms with Gasteiger partial charge in [-0.25, -0.2) is 0 Å². The zero-order chi connectivity index (χ0) is 9.40. The Hall–Kier alpha value is -0.0200. The average molecular weight is 190 g/mol. The molecule has 0 aromatic heterocycles. The Labute approximate surface area is 78.7 Å². The lowest BCUT2D eigenvalue weighted by atomic mass is 10.1. The highest BCUT2D eigenvalue weighted by atomic mass is 32.2. The van der Waals surface area contributed by atoms with Crippen molar-refractivity contribution in [1.82, 2.24) is 0 Å². The molecule has 1 N–H and O–H groups in total. The van der Waals surface area contributed by atoms with E-state index in [0.717, 1.165) is 18.6 Å². The van der Waals surface area contributed by atoms with E-state index >= 15 is 0 Å². The molecule has 72 valence electrons. The molecule has 12 heavy (non-hydrogen) atoms. The number of Topliss-reactive ketones (excluding diaryl/α,β-unsaturated/α-hetero) is 1. The second-order valence-corrected chi connectivity index (χ2v) is 4.01. The van der Waals surface area contributed by atoms with Gasteiger partial charge in [-0.3, -0.25) is 4.79 Å². The Morgan fingerprint density at radius 2 is 2.25 bits per heavy atom. The van der Waals surface area contributed by atoms with Gasteiger partial charge in [0.05, 0.1) is 5.75 Å². The van der Waals surface area contributed by atoms with Crippen LogP contribution in [0.5, 0.6) is 0 Å². The number of carbonyl (C=O) groups is 1. The van der Waals surface area contributed by atoms with E-state index in [4.69, 9.17) is 5.11 Å². The third-order valence-corrected chi connectivity index (χ3v) is 2.92. The van der Waals surface area contributed by atoms with Crippen molar-refractivity contribution in [1.29, 1.82) is 0 Å². The Morgan fingerprint density at radius 3 is 2.75 bits per heavy atom. The predicted octanol–water partition coefficient (Wildman–Crippen LogP) is 1.72. The van der Waals surface area contributed by atoms with Crippen LogP contribution in [-0.2, 0) is 4.79 Å². The fourth-order valence-corrected chi connectivity index (χ4v) is 1.67. The highest BCUT2D eigenvalue weighted by Gasteiger charge is 2.09. The Kier molecular flexibility index (Phi) is 7.61. The summed E-state index contributed by atoms with van der Waals surface area (Å²) >= 11 is 1.62. The predicted molar refractivity (Wildman–Crippen MR) is 53.5 cm³/mol. The van der Waals surface area contributed by atoms with E-state index in [2.05, 4.69) is 0 Å². The standard InChI is InChI=1S/C9H18O2S/c1-3-8(2)9(11)7-12-6-4-5-10/h8,10H,3-7H2,1-2H3. The van der Waals surface area contributed by atoms with Gasteiger partial charge in [0.1, 0.15) is 5.78 Å². The molecule has 1 unspecified atom stereocenters. The second-order valence-electron chi connectivity index (χ2n) is 2.91. The maximum Gasteiger partial charge on any atom is 0.145 e. The molecule has 0 saturated carbocycles. The van der Waals surface area contributed by atoms with E-state index in [9.17, 15) is 4.79 Å². The van der Waals surface area contributed by atoms with E-state index in [0.29, 0.717) is 11.5 Å². The van der Waals surface area contributed by atoms with Crippen LogP contribution >= 0.6 is 11.8 Å². The van der Waals surface area contributed by atoms with Crippen LogP contribution in [0, 0.1) is 5.92 Å². The number of thioether (sulfide) groups is 1. The summed E-state index contributed by atoms with van der Waals surface area (Å²) in [4.78, 5) is 11.3. The minimum Gasteiger partial charge on any atom is -0.396 e. The smallest absolute Gasteiger partial charge is 0.145 e. The molecule has 3 heteroatoms. The molecule has 0 aromatic carbocycles. The van der Waals surface area contributed by atoms with Gasteiger partial charge in [0, 0.05) is 12.5 Å². The van der Waals surface area contributed by atoms with Crippen LogP contribution in [0.4, 0.5) is 0 Å². The van der Waals surface area contributed by atoms with Crippen LogP contribution in [0.15, 0.2) is 0 Å². The maximum absolute atomic E-state index is 11.3. The number of rotatable bonds is 7. The van der Waals surface area contributed by atoms with Gasteiger partial charge in [-0.15, -0.1) is 0 Å². The topological polar surface area (TPSA) is 37.3 Å². The van der Waals surface area contributed by atoms with Gasteiger partial charge in [-0.05, 0) is 18.6 Å². The van der Waals surface area contributed by atoms with Gasteiger partial charge in [0.2, 0.25) is 0 Å². The van der Waals surface area contributed by atoms with Gasteiger partial charge < -0.3 is 5.11 Å². The van der Waals surface area contributed by atoms with Crippen molar-refractivity contribution < 1.29 is 9.90 Å². The van der Waals surface area contributed by atoms with E-state index in [1.807, 2.05) is 13.8 Å². The normalized spacial score (nSPS) is 12.9. The van der Waals surface area contributed by atoms with Crippen molar-refractivity contribution in [3.63, 3.8) is 0 Å². The molecule has 0 aliphatic heterocycles. The van der Waals surface area contributed by atoms with E-state index < -0.39 is 0 Å². The molecule has 0 fully saturated rings. The third kappa shape index (κ3) is 5.61. The molecule has 0 bridgehead atoms. The van der Waals surface area contributed by atoms with Gasteiger partial charge in [-0.2, -0.15) is 11.8 Å². The first kappa shape index (κ1) is 12.0. The molecule has 0 saturated heterocycles. The quantitative estimate of drug-likeness (QED) is 0.621. The average Bonchev–Trinajstić information content (AvgIpc) is 2.10. The fraction of sp³-hybridized carbons (Fsp3) is 0.889. The van der Waals surface area contributed by atoms with Gasteiger partial charge in [0.25, 0.3) is 0 Å². The highest BCUT2D eigenvalue weighted by molar-refractivity contribution is 7.99. The van der Waals surface area contributed by atoms with Crippen molar-refractivity contribution in [3.8, 4) is 0 Å². The van der Waals surface area contributed by atoms with Gasteiger partial charge in [-0.1, -0.05) is 13.8 Å². The first-order valence-electron chi connectivity index (χ1n) is 4.43. The van der Waals surface area contributed by atoms with Crippen LogP contribution in [0.1, 0.15) is 26.7 Å². The molecule has 0 heterocycles. The summed E-state index contributed by atoms with van der Waals surface area (Å²) in [6, 6.07) is 0. The van der Waals surface area contributed by atoms with Crippen LogP contribution in [-0.4, -0.2) is 29.0 Å². The summed E-state index contributed by atoms with van der Waals surface area (Å²) in [6.07, 6.45) is 1.72. The van der Waals surface area contributed by atoms with Crippen molar-refractivity contribution in [2.24, 2.45) is 5.92 Å². The van der Waals surface area contributed by atoms with Crippen molar-refractivity contribution in [2.45, 2.75) is 26.7 Å². The summed E-state index contributed by atoms with van der Waals surface area (Å²) in [5.74, 6) is 2.03. The molecule has 0 aromatic rings. The molecule has 0 rings (SSSR count). The minimum atomic E-state index is 0.201. The van der Waals surface area contributed by atoms with Crippen LogP contribution in [0.3, 0.4) is 0 Å². The first-order valence-corrected chi connectivity index (χ1v) is 5.59. The molecule has 1 atom stereocenters. The molecule has 0 aliphatic carbocycles. The van der Waals surface area contributed by atoms with Crippen molar-refractivity contribution >= 4 is 17.5 Å². The highest BCUT2D eigenvalue weighted by Crippen LogP contribution is 2.09. The molecule has 2 nitrogen and oxygen atoms in total. The SMILES string of the molecule is CCC(C)C(=O)CSCCCO. The molecule has 0 spiro atoms. The van der Waals surface area contributed by atoms with Gasteiger partial charge in [0.15, 0.2) is 0 Å². The first-order chi connectivity index (χ1) is 5.72. The lowest BCUT2D eigenvalue weighted by Gasteiger charge is -2.05. The fourth-order valence-electron chi connectivity index (χ4n) is 0.709. The van der Waals surface area contributed by atoms with Crippen molar-refractivity contribution in [3.05, 3.63) is 0 Å². The van der Waals surface area contributed by atoms with Crippen molar-refractivity contribution in [2.75, 3.05) is 18.1 Å². The molecule has 0 aliphatic rings. The Bertz CT molecular complexity index is 126. The largest absolute Gasteiger partial charge is 0.396 e. The van der Waals surface area contributed by atoms with Crippen LogP contribution < -0.4 is 0 Å². The number of hydrogen-bond donors (Lipinski definition) is 1. The summed E-state index contributed by atoms with van der Waals surface area (Å²) in [5.41, 5.74) is 0. The molecule has 0 amide bonds. The van der Waals surface area contributed by atoms with E-state index in [1.165, 1.54) is 0 Å². The number of ketones is 1. The van der Waals surface area contributed by atoms with Crippen LogP contribution in [0.25, 0.3) is 0 Å². The third-order valence-electron chi connectivity index (χ3n) is 1.85. The summed E-state index contributed by atoms with van der Waals surface area (Å²) in [6.45, 7) is 4.22. The minimum absolute atomic E-state index is 0.201. The second kappa shape index (κ2) is 7.62. The van der Waals surface area contributed by atoms with E-state index in [-0.39, 0.29) is 12.5 Å². The Balaban J connectivity index is 3.31. The molecule has 0 radical (unpaired) electrons. The Morgan fingerprint density at radius 1 is 1.58 bits per heavy atom. The van der Waals surface area contributed by atoms with Gasteiger partial charge >= 0.3 is 0 Å². The monoisotopic (exact) mass is 190 g/mol.